The average molecular weight is 381 g/mol. The fourth-order valence-electron chi connectivity index (χ4n) is 2.40. The number of hydrogen-bond acceptors (Lipinski definition) is 3. The molecule has 0 saturated carbocycles. The number of aryl methyl sites for hydroxylation is 1. The average Bonchev–Trinajstić information content (AvgIpc) is 2.66. The number of para-hydroxylation sites is 1. The van der Waals surface area contributed by atoms with Gasteiger partial charge in [0, 0.05) is 25.6 Å². The van der Waals surface area contributed by atoms with E-state index in [0.29, 0.717) is 13.0 Å². The zero-order valence-electron chi connectivity index (χ0n) is 15.9. The molecule has 27 heavy (non-hydrogen) atoms. The first-order chi connectivity index (χ1) is 12.9. The summed E-state index contributed by atoms with van der Waals surface area (Å²) < 4.78 is 27.1. The lowest BCUT2D eigenvalue weighted by Gasteiger charge is -2.17. The fraction of sp³-hybridized carbons (Fsp3) is 0.273. The molecule has 4 nitrogen and oxygen atoms in total. The van der Waals surface area contributed by atoms with Gasteiger partial charge in [-0.3, -0.25) is 0 Å². The Balaban J connectivity index is 1.98. The first kappa shape index (κ1) is 20.6. The topological polar surface area (TPSA) is 49.4 Å². The summed E-state index contributed by atoms with van der Waals surface area (Å²) in [4.78, 5) is 2.31. The number of anilines is 1. The lowest BCUT2D eigenvalue weighted by Crippen LogP contribution is -2.24. The van der Waals surface area contributed by atoms with Gasteiger partial charge in [0.1, 0.15) is 0 Å². The normalized spacial score (nSPS) is 10.3. The largest absolute Gasteiger partial charge is 0.362 e. The van der Waals surface area contributed by atoms with Crippen LogP contribution in [0.4, 0.5) is 5.69 Å². The Bertz CT molecular complexity index is 988. The van der Waals surface area contributed by atoms with Crippen molar-refractivity contribution in [2.24, 2.45) is 0 Å². The van der Waals surface area contributed by atoms with E-state index in [9.17, 15) is 8.42 Å². The van der Waals surface area contributed by atoms with Crippen molar-refractivity contribution in [1.82, 2.24) is 4.72 Å². The summed E-state index contributed by atoms with van der Waals surface area (Å²) >= 11 is 0. The van der Waals surface area contributed by atoms with Gasteiger partial charge in [-0.15, -0.1) is 5.92 Å². The predicted molar refractivity (Wildman–Crippen MR) is 111 cm³/mol. The van der Waals surface area contributed by atoms with E-state index >= 15 is 0 Å². The van der Waals surface area contributed by atoms with Crippen molar-refractivity contribution < 1.29 is 8.42 Å². The van der Waals surface area contributed by atoms with E-state index in [1.807, 2.05) is 50.1 Å². The van der Waals surface area contributed by atoms with Gasteiger partial charge in [-0.25, -0.2) is 13.1 Å². The molecule has 0 aliphatic rings. The molecule has 0 unspecified atom stereocenters. The smallest absolute Gasteiger partial charge is 0.240 e. The van der Waals surface area contributed by atoms with Crippen molar-refractivity contribution in [3.05, 3.63) is 59.7 Å². The summed E-state index contributed by atoms with van der Waals surface area (Å²) in [6, 6.07) is 14.6. The van der Waals surface area contributed by atoms with Gasteiger partial charge in [-0.05, 0) is 38.1 Å². The molecule has 0 heterocycles. The maximum Gasteiger partial charge on any atom is 0.240 e. The van der Waals surface area contributed by atoms with Gasteiger partial charge >= 0.3 is 0 Å². The van der Waals surface area contributed by atoms with Crippen LogP contribution in [0.5, 0.6) is 0 Å². The number of hydrogen-bond donors (Lipinski definition) is 1. The Morgan fingerprint density at radius 1 is 1.04 bits per heavy atom. The Labute approximate surface area is 162 Å². The molecule has 0 aliphatic carbocycles. The summed E-state index contributed by atoms with van der Waals surface area (Å²) in [5, 5.41) is 0. The molecule has 5 heteroatoms. The van der Waals surface area contributed by atoms with Crippen LogP contribution in [0.15, 0.2) is 53.4 Å². The third-order valence-corrected chi connectivity index (χ3v) is 5.38. The Morgan fingerprint density at radius 3 is 2.44 bits per heavy atom. The van der Waals surface area contributed by atoms with Gasteiger partial charge < -0.3 is 4.90 Å². The molecule has 0 spiro atoms. The molecule has 0 aliphatic heterocycles. The molecule has 0 aromatic heterocycles. The van der Waals surface area contributed by atoms with Crippen molar-refractivity contribution in [2.75, 3.05) is 25.0 Å². The van der Waals surface area contributed by atoms with Crippen molar-refractivity contribution >= 4 is 15.7 Å². The van der Waals surface area contributed by atoms with Gasteiger partial charge in [-0.2, -0.15) is 0 Å². The standard InChI is InChI=1S/C22H24N2O2S/c1-4-5-18-24(3)22-12-7-6-10-20(22)11-8-9-17-23-27(25,26)21-15-13-19(2)14-16-21/h6-7,10,12-16,23H,9,17-18H2,1-3H3. The minimum atomic E-state index is -3.50. The summed E-state index contributed by atoms with van der Waals surface area (Å²) in [6.45, 7) is 4.63. The van der Waals surface area contributed by atoms with Gasteiger partial charge in [0.05, 0.1) is 17.1 Å². The molecule has 2 aromatic rings. The highest BCUT2D eigenvalue weighted by molar-refractivity contribution is 7.89. The highest BCUT2D eigenvalue weighted by Crippen LogP contribution is 2.17. The van der Waals surface area contributed by atoms with Gasteiger partial charge in [-0.1, -0.05) is 47.6 Å². The number of rotatable bonds is 6. The second-order valence-electron chi connectivity index (χ2n) is 6.06. The molecule has 1 N–H and O–H groups in total. The van der Waals surface area contributed by atoms with E-state index in [1.54, 1.807) is 24.3 Å². The molecular weight excluding hydrogens is 356 g/mol. The van der Waals surface area contributed by atoms with Gasteiger partial charge in [0.15, 0.2) is 0 Å². The maximum atomic E-state index is 12.2. The van der Waals surface area contributed by atoms with Crippen LogP contribution in [0.3, 0.4) is 0 Å². The monoisotopic (exact) mass is 380 g/mol. The Kier molecular flexibility index (Phi) is 7.49. The second kappa shape index (κ2) is 9.83. The van der Waals surface area contributed by atoms with Crippen molar-refractivity contribution in [3.63, 3.8) is 0 Å². The number of benzene rings is 2. The summed E-state index contributed by atoms with van der Waals surface area (Å²) in [7, 11) is -1.52. The first-order valence-electron chi connectivity index (χ1n) is 8.69. The molecule has 2 aromatic carbocycles. The van der Waals surface area contributed by atoms with Crippen LogP contribution in [-0.2, 0) is 10.0 Å². The zero-order valence-corrected chi connectivity index (χ0v) is 16.7. The summed E-state index contributed by atoms with van der Waals surface area (Å²) in [5.41, 5.74) is 2.93. The highest BCUT2D eigenvalue weighted by Gasteiger charge is 2.12. The van der Waals surface area contributed by atoms with E-state index in [4.69, 9.17) is 0 Å². The summed E-state index contributed by atoms with van der Waals surface area (Å²) in [5.74, 6) is 12.1. The molecule has 0 fully saturated rings. The predicted octanol–water partition coefficient (Wildman–Crippen LogP) is 3.17. The number of nitrogens with zero attached hydrogens (tertiary/aromatic N) is 1. The fourth-order valence-corrected chi connectivity index (χ4v) is 3.43. The molecule has 0 saturated heterocycles. The maximum absolute atomic E-state index is 12.2. The van der Waals surface area contributed by atoms with Crippen LogP contribution in [0, 0.1) is 30.6 Å². The van der Waals surface area contributed by atoms with E-state index in [-0.39, 0.29) is 11.4 Å². The number of sulfonamides is 1. The molecule has 0 atom stereocenters. The lowest BCUT2D eigenvalue weighted by atomic mass is 10.1. The molecular formula is C22H24N2O2S. The highest BCUT2D eigenvalue weighted by atomic mass is 32.2. The van der Waals surface area contributed by atoms with E-state index in [0.717, 1.165) is 16.8 Å². The van der Waals surface area contributed by atoms with Crippen molar-refractivity contribution in [2.45, 2.75) is 25.2 Å². The van der Waals surface area contributed by atoms with Crippen molar-refractivity contribution in [1.29, 1.82) is 0 Å². The van der Waals surface area contributed by atoms with E-state index < -0.39 is 10.0 Å². The third-order valence-electron chi connectivity index (χ3n) is 3.90. The third kappa shape index (κ3) is 6.18. The van der Waals surface area contributed by atoms with E-state index in [1.165, 1.54) is 0 Å². The van der Waals surface area contributed by atoms with Crippen LogP contribution in [0.2, 0.25) is 0 Å². The second-order valence-corrected chi connectivity index (χ2v) is 7.83. The van der Waals surface area contributed by atoms with Crippen LogP contribution in [0.1, 0.15) is 24.5 Å². The zero-order chi connectivity index (χ0) is 19.7. The molecule has 0 bridgehead atoms. The lowest BCUT2D eigenvalue weighted by molar-refractivity contribution is 0.582. The molecule has 140 valence electrons. The minimum Gasteiger partial charge on any atom is -0.362 e. The first-order valence-corrected chi connectivity index (χ1v) is 10.2. The minimum absolute atomic E-state index is 0.266. The van der Waals surface area contributed by atoms with Crippen LogP contribution in [-0.4, -0.2) is 28.6 Å². The SMILES string of the molecule is CC#CCN(C)c1ccccc1C#CCCNS(=O)(=O)c1ccc(C)cc1. The van der Waals surface area contributed by atoms with Gasteiger partial charge in [0.2, 0.25) is 10.0 Å². The molecule has 2 rings (SSSR count). The Morgan fingerprint density at radius 2 is 1.74 bits per heavy atom. The Hall–Kier alpha value is -2.73. The van der Waals surface area contributed by atoms with Gasteiger partial charge in [0.25, 0.3) is 0 Å². The quantitative estimate of drug-likeness (QED) is 0.619. The summed E-state index contributed by atoms with van der Waals surface area (Å²) in [6.07, 6.45) is 0.428. The van der Waals surface area contributed by atoms with Crippen LogP contribution >= 0.6 is 0 Å². The number of nitrogens with one attached hydrogen (secondary N) is 1. The molecule has 0 amide bonds. The molecule has 0 radical (unpaired) electrons. The van der Waals surface area contributed by atoms with Crippen LogP contribution < -0.4 is 9.62 Å². The van der Waals surface area contributed by atoms with Crippen molar-refractivity contribution in [3.8, 4) is 23.7 Å². The van der Waals surface area contributed by atoms with Crippen LogP contribution in [0.25, 0.3) is 0 Å². The van der Waals surface area contributed by atoms with E-state index in [2.05, 4.69) is 28.4 Å².